The van der Waals surface area contributed by atoms with Crippen LogP contribution in [0.2, 0.25) is 0 Å². The van der Waals surface area contributed by atoms with Crippen LogP contribution >= 0.6 is 7.82 Å². The van der Waals surface area contributed by atoms with Gasteiger partial charge < -0.3 is 20.1 Å². The zero-order chi connectivity index (χ0) is 34.0. The average Bonchev–Trinajstić information content (AvgIpc) is 3.04. The lowest BCUT2D eigenvalue weighted by Gasteiger charge is -2.19. The third-order valence-electron chi connectivity index (χ3n) is 6.97. The molecule has 0 aromatic heterocycles. The number of carbonyl (C=O) groups is 2. The molecule has 0 rings (SSSR count). The number of nitrogens with two attached hydrogens (primary N) is 1. The topological polar surface area (TPSA) is 134 Å². The summed E-state index contributed by atoms with van der Waals surface area (Å²) in [5, 5.41) is 0. The summed E-state index contributed by atoms with van der Waals surface area (Å²) in [5.41, 5.74) is 5.31. The van der Waals surface area contributed by atoms with Crippen LogP contribution in [0.25, 0.3) is 0 Å². The maximum absolute atomic E-state index is 12.4. The minimum absolute atomic E-state index is 0.0452. The predicted molar refractivity (Wildman–Crippen MR) is 187 cm³/mol. The molecular formula is C36H64NO8P. The van der Waals surface area contributed by atoms with Crippen molar-refractivity contribution in [1.82, 2.24) is 0 Å². The fourth-order valence-corrected chi connectivity index (χ4v) is 5.10. The van der Waals surface area contributed by atoms with Gasteiger partial charge in [0.15, 0.2) is 6.10 Å². The van der Waals surface area contributed by atoms with Gasteiger partial charge in [-0.25, -0.2) is 4.57 Å². The minimum Gasteiger partial charge on any atom is -0.462 e. The van der Waals surface area contributed by atoms with Crippen molar-refractivity contribution >= 4 is 19.8 Å². The molecule has 0 aliphatic carbocycles. The lowest BCUT2D eigenvalue weighted by atomic mass is 10.1. The molecule has 0 aliphatic heterocycles. The fraction of sp³-hybridized carbons (Fsp3) is 0.722. The van der Waals surface area contributed by atoms with Gasteiger partial charge in [-0.15, -0.1) is 0 Å². The predicted octanol–water partition coefficient (Wildman–Crippen LogP) is 9.21. The molecule has 1 unspecified atom stereocenters. The normalized spacial score (nSPS) is 14.1. The van der Waals surface area contributed by atoms with Crippen LogP contribution in [0.4, 0.5) is 0 Å². The zero-order valence-electron chi connectivity index (χ0n) is 28.8. The first kappa shape index (κ1) is 44.0. The Labute approximate surface area is 279 Å². The van der Waals surface area contributed by atoms with E-state index in [4.69, 9.17) is 24.3 Å². The molecule has 0 fully saturated rings. The summed E-state index contributed by atoms with van der Waals surface area (Å²) in [6.45, 7) is 3.57. The minimum atomic E-state index is -4.37. The van der Waals surface area contributed by atoms with Crippen molar-refractivity contribution in [3.63, 3.8) is 0 Å². The molecule has 2 atom stereocenters. The molecule has 0 heterocycles. The SMILES string of the molecule is CCCCC/C=C/C/C=C/C/C=C/C/C=C/CCCC(=O)OC[C@@H](COP(=O)(O)OCCN)OC(=O)CCCCCCCCCC. The summed E-state index contributed by atoms with van der Waals surface area (Å²) in [5.74, 6) is -0.904. The third-order valence-corrected chi connectivity index (χ3v) is 7.95. The second-order valence-corrected chi connectivity index (χ2v) is 12.8. The average molecular weight is 670 g/mol. The molecule has 0 spiro atoms. The number of phosphoric acid groups is 1. The summed E-state index contributed by atoms with van der Waals surface area (Å²) in [4.78, 5) is 34.5. The van der Waals surface area contributed by atoms with Gasteiger partial charge in [-0.05, 0) is 51.4 Å². The van der Waals surface area contributed by atoms with E-state index < -0.39 is 32.5 Å². The van der Waals surface area contributed by atoms with Gasteiger partial charge in [0.2, 0.25) is 0 Å². The number of hydrogen-bond acceptors (Lipinski definition) is 8. The number of carbonyl (C=O) groups excluding carboxylic acids is 2. The van der Waals surface area contributed by atoms with Crippen LogP contribution in [-0.4, -0.2) is 49.3 Å². The summed E-state index contributed by atoms with van der Waals surface area (Å²) in [6.07, 6.45) is 34.5. The Bertz CT molecular complexity index is 902. The van der Waals surface area contributed by atoms with Gasteiger partial charge in [0.25, 0.3) is 0 Å². The summed E-state index contributed by atoms with van der Waals surface area (Å²) in [7, 11) is -4.37. The lowest BCUT2D eigenvalue weighted by molar-refractivity contribution is -0.161. The first-order valence-corrected chi connectivity index (χ1v) is 19.1. The van der Waals surface area contributed by atoms with Gasteiger partial charge in [-0.2, -0.15) is 0 Å². The smallest absolute Gasteiger partial charge is 0.462 e. The van der Waals surface area contributed by atoms with Gasteiger partial charge in [0, 0.05) is 19.4 Å². The first-order chi connectivity index (χ1) is 22.3. The number of phosphoric ester groups is 1. The Balaban J connectivity index is 4.33. The van der Waals surface area contributed by atoms with Gasteiger partial charge in [0.05, 0.1) is 13.2 Å². The molecule has 0 aliphatic rings. The molecule has 0 aromatic carbocycles. The second kappa shape index (κ2) is 32.9. The summed E-state index contributed by atoms with van der Waals surface area (Å²) < 4.78 is 32.4. The quantitative estimate of drug-likeness (QED) is 0.0311. The van der Waals surface area contributed by atoms with Crippen LogP contribution in [0.5, 0.6) is 0 Å². The van der Waals surface area contributed by atoms with Crippen LogP contribution in [0.15, 0.2) is 48.6 Å². The van der Waals surface area contributed by atoms with Crippen molar-refractivity contribution in [3.8, 4) is 0 Å². The maximum atomic E-state index is 12.4. The number of hydrogen-bond donors (Lipinski definition) is 2. The molecule has 266 valence electrons. The molecule has 0 radical (unpaired) electrons. The Morgan fingerprint density at radius 3 is 1.74 bits per heavy atom. The molecule has 0 saturated carbocycles. The maximum Gasteiger partial charge on any atom is 0.472 e. The number of rotatable bonds is 32. The van der Waals surface area contributed by atoms with Crippen molar-refractivity contribution in [1.29, 1.82) is 0 Å². The third kappa shape index (κ3) is 31.9. The summed E-state index contributed by atoms with van der Waals surface area (Å²) >= 11 is 0. The highest BCUT2D eigenvalue weighted by Gasteiger charge is 2.25. The van der Waals surface area contributed by atoms with E-state index in [-0.39, 0.29) is 32.6 Å². The van der Waals surface area contributed by atoms with E-state index in [2.05, 4.69) is 56.4 Å². The van der Waals surface area contributed by atoms with Crippen LogP contribution in [-0.2, 0) is 32.7 Å². The molecular weight excluding hydrogens is 605 g/mol. The van der Waals surface area contributed by atoms with E-state index in [0.29, 0.717) is 12.8 Å². The van der Waals surface area contributed by atoms with E-state index in [1.54, 1.807) is 0 Å². The summed E-state index contributed by atoms with van der Waals surface area (Å²) in [6, 6.07) is 0. The van der Waals surface area contributed by atoms with E-state index in [0.717, 1.165) is 44.9 Å². The van der Waals surface area contributed by atoms with Crippen LogP contribution in [0.3, 0.4) is 0 Å². The van der Waals surface area contributed by atoms with Crippen molar-refractivity contribution in [2.75, 3.05) is 26.4 Å². The molecule has 46 heavy (non-hydrogen) atoms. The van der Waals surface area contributed by atoms with Gasteiger partial charge in [-0.1, -0.05) is 120 Å². The van der Waals surface area contributed by atoms with E-state index >= 15 is 0 Å². The number of esters is 2. The van der Waals surface area contributed by atoms with Crippen LogP contribution in [0, 0.1) is 0 Å². The van der Waals surface area contributed by atoms with E-state index in [1.165, 1.54) is 51.4 Å². The lowest BCUT2D eigenvalue weighted by Crippen LogP contribution is -2.29. The Hall–Kier alpha value is -2.03. The highest BCUT2D eigenvalue weighted by Crippen LogP contribution is 2.43. The molecule has 0 bridgehead atoms. The van der Waals surface area contributed by atoms with E-state index in [1.807, 2.05) is 6.08 Å². The number of unbranched alkanes of at least 4 members (excludes halogenated alkanes) is 11. The zero-order valence-corrected chi connectivity index (χ0v) is 29.7. The van der Waals surface area contributed by atoms with Gasteiger partial charge in [-0.3, -0.25) is 18.6 Å². The van der Waals surface area contributed by atoms with Crippen molar-refractivity contribution in [2.24, 2.45) is 5.73 Å². The van der Waals surface area contributed by atoms with Crippen LogP contribution in [0.1, 0.15) is 136 Å². The first-order valence-electron chi connectivity index (χ1n) is 17.6. The van der Waals surface area contributed by atoms with Crippen molar-refractivity contribution < 1.29 is 37.6 Å². The fourth-order valence-electron chi connectivity index (χ4n) is 4.33. The second-order valence-electron chi connectivity index (χ2n) is 11.4. The molecule has 0 saturated heterocycles. The molecule has 3 N–H and O–H groups in total. The molecule has 0 aromatic rings. The largest absolute Gasteiger partial charge is 0.472 e. The Kier molecular flexibility index (Phi) is 31.4. The molecule has 9 nitrogen and oxygen atoms in total. The number of allylic oxidation sites excluding steroid dienone is 8. The van der Waals surface area contributed by atoms with Crippen molar-refractivity contribution in [2.45, 2.75) is 142 Å². The molecule has 10 heteroatoms. The number of ether oxygens (including phenoxy) is 2. The highest BCUT2D eigenvalue weighted by atomic mass is 31.2. The Morgan fingerprint density at radius 1 is 0.652 bits per heavy atom. The monoisotopic (exact) mass is 669 g/mol. The van der Waals surface area contributed by atoms with Gasteiger partial charge in [0.1, 0.15) is 6.61 Å². The van der Waals surface area contributed by atoms with Crippen LogP contribution < -0.4 is 5.73 Å². The standard InChI is InChI=1S/C36H64NO8P/c1-3-5-7-9-11-13-14-15-16-17-18-19-20-21-23-24-26-28-35(38)42-32-34(33-44-46(40,41)43-31-30-37)45-36(39)29-27-25-22-12-10-8-6-4-2/h11,13,15-16,18-19,21,23,34H,3-10,12,14,17,20,22,24-33,37H2,1-2H3,(H,40,41)/b13-11+,16-15+,19-18+,23-21+/t34-/m0/s1. The van der Waals surface area contributed by atoms with Gasteiger partial charge >= 0.3 is 19.8 Å². The Morgan fingerprint density at radius 2 is 1.15 bits per heavy atom. The molecule has 0 amide bonds. The van der Waals surface area contributed by atoms with Crippen molar-refractivity contribution in [3.05, 3.63) is 48.6 Å². The van der Waals surface area contributed by atoms with E-state index in [9.17, 15) is 19.0 Å². The highest BCUT2D eigenvalue weighted by molar-refractivity contribution is 7.47.